The minimum absolute atomic E-state index is 0.00576. The Balaban J connectivity index is 0.000000148. The van der Waals surface area contributed by atoms with Gasteiger partial charge in [-0.2, -0.15) is 7.74 Å². The molecule has 6 aromatic heterocycles. The van der Waals surface area contributed by atoms with Gasteiger partial charge in [-0.15, -0.1) is 0 Å². The van der Waals surface area contributed by atoms with Gasteiger partial charge in [-0.05, 0) is 151 Å². The molecule has 0 fully saturated rings. The van der Waals surface area contributed by atoms with Crippen LogP contribution in [-0.4, -0.2) is 74.9 Å². The molecular formula is C57H54B2BrF6N12O4-. The van der Waals surface area contributed by atoms with Crippen LogP contribution in [0.1, 0.15) is 50.5 Å². The normalized spacial score (nSPS) is 13.1. The third-order valence-corrected chi connectivity index (χ3v) is 14.6. The number of hydrogen-bond acceptors (Lipinski definition) is 11. The molecule has 0 amide bonds. The lowest BCUT2D eigenvalue weighted by atomic mass is 9.81. The van der Waals surface area contributed by atoms with E-state index in [-0.39, 0.29) is 36.1 Å². The molecule has 0 atom stereocenters. The van der Waals surface area contributed by atoms with Crippen molar-refractivity contribution in [3.63, 3.8) is 0 Å². The van der Waals surface area contributed by atoms with Gasteiger partial charge in [0.1, 0.15) is 40.7 Å². The monoisotopic (exact) mass is 1190 g/mol. The molecule has 9 heterocycles. The Morgan fingerprint density at radius 1 is 0.561 bits per heavy atom. The number of nitrogens with two attached hydrogens (primary N) is 1. The van der Waals surface area contributed by atoms with Crippen molar-refractivity contribution in [1.29, 1.82) is 0 Å². The van der Waals surface area contributed by atoms with E-state index in [0.717, 1.165) is 98.8 Å². The van der Waals surface area contributed by atoms with Crippen LogP contribution in [0.25, 0.3) is 33.8 Å². The average molecular weight is 1190 g/mol. The summed E-state index contributed by atoms with van der Waals surface area (Å²) >= 11 is 3.19. The number of aromatic amines is 3. The van der Waals surface area contributed by atoms with E-state index in [1.165, 1.54) is 79.1 Å². The van der Waals surface area contributed by atoms with Crippen molar-refractivity contribution >= 4 is 60.2 Å². The largest absolute Gasteiger partial charge is 0.384 e. The zero-order chi connectivity index (χ0) is 58.9. The molecule has 0 aliphatic carbocycles. The molecule has 6 N–H and O–H groups in total. The molecule has 3 aromatic carbocycles. The first-order valence-corrected chi connectivity index (χ1v) is 25.9. The highest BCUT2D eigenvalue weighted by Crippen LogP contribution is 2.35. The Morgan fingerprint density at radius 3 is 1.33 bits per heavy atom. The van der Waals surface area contributed by atoms with Gasteiger partial charge in [-0.25, -0.2) is 31.3 Å². The third-order valence-electron chi connectivity index (χ3n) is 13.8. The SMILES string of the molecule is Cc1cc(N)ncc1N1CCc2[nH]c(-c3c(F)cccc3F)cc2C1.Cc1cc([N+](=O)[O-])ncc1Br.Cc1cc([N+](=O)[O-])ncc1N1CCc2[nH]c(-c3c(F)cccc3F)cc2C1.Fc1cccc(F)c1-c1cc2c([nH]1)CCNC2.[B][BH3-]. The maximum Gasteiger partial charge on any atom is 0.363 e. The number of anilines is 3. The topological polar surface area (TPSA) is 217 Å². The van der Waals surface area contributed by atoms with Crippen molar-refractivity contribution in [2.45, 2.75) is 59.7 Å². The number of pyridine rings is 3. The predicted molar refractivity (Wildman–Crippen MR) is 311 cm³/mol. The van der Waals surface area contributed by atoms with Crippen LogP contribution in [0.4, 0.5) is 55.2 Å². The number of nitrogens with zero attached hydrogens (tertiary/aromatic N) is 7. The number of aryl methyl sites for hydroxylation is 3. The number of nitrogens with one attached hydrogen (secondary N) is 4. The predicted octanol–water partition coefficient (Wildman–Crippen LogP) is 11.0. The molecule has 82 heavy (non-hydrogen) atoms. The highest BCUT2D eigenvalue weighted by molar-refractivity contribution is 9.10. The summed E-state index contributed by atoms with van der Waals surface area (Å²) in [5.74, 6) is -3.21. The minimum Gasteiger partial charge on any atom is -0.384 e. The van der Waals surface area contributed by atoms with Crippen LogP contribution in [0.2, 0.25) is 0 Å². The maximum atomic E-state index is 14.1. The molecule has 0 saturated carbocycles. The fourth-order valence-corrected chi connectivity index (χ4v) is 10.0. The lowest BCUT2D eigenvalue weighted by molar-refractivity contribution is -0.389. The lowest BCUT2D eigenvalue weighted by Gasteiger charge is -2.30. The van der Waals surface area contributed by atoms with E-state index in [1.807, 2.05) is 25.1 Å². The van der Waals surface area contributed by atoms with Gasteiger partial charge in [0.15, 0.2) is 12.4 Å². The summed E-state index contributed by atoms with van der Waals surface area (Å²) in [6.07, 6.45) is 7.01. The van der Waals surface area contributed by atoms with Gasteiger partial charge in [-0.3, -0.25) is 0 Å². The molecule has 2 radical (unpaired) electrons. The Morgan fingerprint density at radius 2 is 0.939 bits per heavy atom. The second-order valence-corrected chi connectivity index (χ2v) is 20.0. The molecule has 9 aromatic rings. The molecule has 25 heteroatoms. The molecule has 0 unspecified atom stereocenters. The van der Waals surface area contributed by atoms with Crippen LogP contribution in [0.5, 0.6) is 0 Å². The zero-order valence-electron chi connectivity index (χ0n) is 43.8. The molecule has 422 valence electrons. The summed E-state index contributed by atoms with van der Waals surface area (Å²) in [4.78, 5) is 45.4. The van der Waals surface area contributed by atoms with Crippen molar-refractivity contribution in [1.82, 2.24) is 35.2 Å². The number of H-pyrrole nitrogens is 3. The number of rotatable bonds is 7. The van der Waals surface area contributed by atoms with Gasteiger partial charge >= 0.3 is 11.6 Å². The van der Waals surface area contributed by atoms with E-state index in [1.54, 1.807) is 26.1 Å². The summed E-state index contributed by atoms with van der Waals surface area (Å²) in [6.45, 7) is 9.90. The molecule has 16 nitrogen and oxygen atoms in total. The summed E-state index contributed by atoms with van der Waals surface area (Å²) in [5, 5.41) is 24.3. The molecule has 0 spiro atoms. The Kier molecular flexibility index (Phi) is 19.0. The number of fused-ring (bicyclic) bond motifs is 3. The van der Waals surface area contributed by atoms with Gasteiger partial charge in [0.25, 0.3) is 0 Å². The minimum atomic E-state index is -0.610. The molecular weight excluding hydrogens is 1130 g/mol. The van der Waals surface area contributed by atoms with Crippen molar-refractivity contribution in [3.8, 4) is 33.8 Å². The molecule has 0 saturated heterocycles. The van der Waals surface area contributed by atoms with Crippen LogP contribution in [0, 0.1) is 75.9 Å². The average Bonchev–Trinajstić information content (AvgIpc) is 4.40. The van der Waals surface area contributed by atoms with E-state index in [4.69, 9.17) is 13.5 Å². The van der Waals surface area contributed by atoms with Gasteiger partial charge in [0, 0.05) is 87.7 Å². The Hall–Kier alpha value is -8.70. The first kappa shape index (κ1) is 59.4. The first-order chi connectivity index (χ1) is 39.3. The van der Waals surface area contributed by atoms with Crippen molar-refractivity contribution < 1.29 is 36.2 Å². The van der Waals surface area contributed by atoms with Crippen LogP contribution in [0.15, 0.2) is 114 Å². The van der Waals surface area contributed by atoms with E-state index in [9.17, 15) is 46.6 Å². The van der Waals surface area contributed by atoms with Crippen LogP contribution in [0.3, 0.4) is 0 Å². The van der Waals surface area contributed by atoms with Gasteiger partial charge in [0.05, 0.1) is 55.8 Å². The highest BCUT2D eigenvalue weighted by atomic mass is 79.9. The zero-order valence-corrected chi connectivity index (χ0v) is 45.4. The van der Waals surface area contributed by atoms with Gasteiger partial charge < -0.3 is 56.0 Å². The lowest BCUT2D eigenvalue weighted by Crippen LogP contribution is -2.30. The van der Waals surface area contributed by atoms with E-state index < -0.39 is 44.7 Å². The van der Waals surface area contributed by atoms with Crippen molar-refractivity contribution in [3.05, 3.63) is 220 Å². The number of hydrogen-bond donors (Lipinski definition) is 5. The number of aromatic nitrogens is 6. The summed E-state index contributed by atoms with van der Waals surface area (Å²) in [5.41, 5.74) is 17.7. The first-order valence-electron chi connectivity index (χ1n) is 25.1. The molecule has 0 bridgehead atoms. The Bertz CT molecular complexity index is 3720. The molecule has 12 rings (SSSR count). The maximum absolute atomic E-state index is 14.1. The highest BCUT2D eigenvalue weighted by Gasteiger charge is 2.26. The number of nitrogen functional groups attached to an aromatic ring is 1. The van der Waals surface area contributed by atoms with Crippen molar-refractivity contribution in [2.75, 3.05) is 35.2 Å². The standard InChI is InChI=1S/C19H16F2N4O2.C19H18F2N4.C13H12F2N2.C6H5BrN2O2.B2H3/c1-11-7-18(25(26)27)22-9-17(11)24-6-5-15-12(10-24)8-16(23-15)19-13(20)3-2-4-14(19)21;1-11-7-18(22)23-9-17(11)25-6-5-15-12(10-25)8-16(24-15)19-13(20)3-2-4-14(19)21;14-9-2-1-3-10(15)13(9)12-6-8-7-16-5-4-11(8)17-12;1-4-2-6(9(10)11)8-3-5(4)7;1-2/h2-4,7-9,23H,5-6,10H2,1H3;2-4,7-9,24H,5-6,10H2,1H3,(H2,22,23);1-3,6,16-17H,4-5,7H2;2-3H,1H3;1H3/q;;;;-1. The van der Waals surface area contributed by atoms with Crippen LogP contribution in [-0.2, 0) is 38.9 Å². The molecule has 3 aliphatic rings. The van der Waals surface area contributed by atoms with E-state index >= 15 is 0 Å². The Labute approximate surface area is 477 Å². The van der Waals surface area contributed by atoms with Gasteiger partial charge in [0.2, 0.25) is 0 Å². The summed E-state index contributed by atoms with van der Waals surface area (Å²) in [7, 11) is 5.00. The fourth-order valence-electron chi connectivity index (χ4n) is 9.80. The van der Waals surface area contributed by atoms with Crippen molar-refractivity contribution in [2.24, 2.45) is 0 Å². The fraction of sp³-hybridized carbons (Fsp3) is 0.211. The van der Waals surface area contributed by atoms with Crippen LogP contribution >= 0.6 is 15.9 Å². The second-order valence-electron chi connectivity index (χ2n) is 19.2. The van der Waals surface area contributed by atoms with E-state index in [2.05, 4.69) is 61.0 Å². The number of nitro groups is 2. The van der Waals surface area contributed by atoms with Crippen LogP contribution < -0.4 is 20.9 Å². The number of benzene rings is 3. The quantitative estimate of drug-likeness (QED) is 0.0438. The molecule has 3 aliphatic heterocycles. The second kappa shape index (κ2) is 26.3. The number of halogens is 7. The third kappa shape index (κ3) is 13.5. The smallest absolute Gasteiger partial charge is 0.363 e. The van der Waals surface area contributed by atoms with Gasteiger partial charge in [-0.1, -0.05) is 25.9 Å². The summed E-state index contributed by atoms with van der Waals surface area (Å²) in [6, 6.07) is 21.8. The summed E-state index contributed by atoms with van der Waals surface area (Å²) < 4.78 is 84.2. The van der Waals surface area contributed by atoms with E-state index in [0.29, 0.717) is 49.0 Å².